The summed E-state index contributed by atoms with van der Waals surface area (Å²) in [6, 6.07) is 1.44. The van der Waals surface area contributed by atoms with Gasteiger partial charge in [-0.05, 0) is 66.8 Å². The van der Waals surface area contributed by atoms with E-state index in [1.54, 1.807) is 0 Å². The third kappa shape index (κ3) is 5.84. The fourth-order valence-corrected chi connectivity index (χ4v) is 2.38. The highest BCUT2D eigenvalue weighted by Crippen LogP contribution is 2.13. The van der Waals surface area contributed by atoms with Crippen molar-refractivity contribution in [3.63, 3.8) is 0 Å². The maximum Gasteiger partial charge on any atom is 0.0217 e. The standard InChI is InChI=1S/C14H31N3/c1-13(2)16(3)11-7-9-15-12-14-8-5-6-10-17(14)4/h13-15H,5-12H2,1-4H3. The van der Waals surface area contributed by atoms with Crippen LogP contribution in [0.3, 0.4) is 0 Å². The Bertz CT molecular complexity index is 194. The molecule has 1 N–H and O–H groups in total. The lowest BCUT2D eigenvalue weighted by atomic mass is 10.0. The van der Waals surface area contributed by atoms with Crippen molar-refractivity contribution in [2.24, 2.45) is 0 Å². The first-order valence-electron chi connectivity index (χ1n) is 7.22. The number of nitrogens with one attached hydrogen (secondary N) is 1. The lowest BCUT2D eigenvalue weighted by molar-refractivity contribution is 0.181. The average molecular weight is 241 g/mol. The molecule has 1 rings (SSSR count). The molecule has 1 fully saturated rings. The van der Waals surface area contributed by atoms with Crippen molar-refractivity contribution in [3.05, 3.63) is 0 Å². The van der Waals surface area contributed by atoms with Crippen LogP contribution in [0.15, 0.2) is 0 Å². The van der Waals surface area contributed by atoms with Crippen LogP contribution < -0.4 is 5.32 Å². The molecule has 0 spiro atoms. The van der Waals surface area contributed by atoms with Gasteiger partial charge in [0.2, 0.25) is 0 Å². The van der Waals surface area contributed by atoms with Crippen LogP contribution in [0, 0.1) is 0 Å². The molecule has 3 nitrogen and oxygen atoms in total. The van der Waals surface area contributed by atoms with Crippen molar-refractivity contribution in [3.8, 4) is 0 Å². The summed E-state index contributed by atoms with van der Waals surface area (Å²) in [5, 5.41) is 3.61. The second-order valence-corrected chi connectivity index (χ2v) is 5.76. The van der Waals surface area contributed by atoms with E-state index in [9.17, 15) is 0 Å². The predicted octanol–water partition coefficient (Wildman–Crippen LogP) is 1.79. The second kappa shape index (κ2) is 8.06. The number of hydrogen-bond acceptors (Lipinski definition) is 3. The van der Waals surface area contributed by atoms with Gasteiger partial charge in [0, 0.05) is 18.6 Å². The van der Waals surface area contributed by atoms with Gasteiger partial charge in [-0.25, -0.2) is 0 Å². The van der Waals surface area contributed by atoms with Gasteiger partial charge in [0.05, 0.1) is 0 Å². The van der Waals surface area contributed by atoms with E-state index in [1.807, 2.05) is 0 Å². The smallest absolute Gasteiger partial charge is 0.0217 e. The largest absolute Gasteiger partial charge is 0.315 e. The van der Waals surface area contributed by atoms with Crippen LogP contribution in [0.1, 0.15) is 39.5 Å². The number of rotatable bonds is 7. The molecule has 0 aliphatic carbocycles. The molecular weight excluding hydrogens is 210 g/mol. The van der Waals surface area contributed by atoms with E-state index >= 15 is 0 Å². The van der Waals surface area contributed by atoms with Crippen molar-refractivity contribution in [2.45, 2.75) is 51.6 Å². The lowest BCUT2D eigenvalue weighted by Gasteiger charge is -2.32. The minimum atomic E-state index is 0.666. The Kier molecular flexibility index (Phi) is 7.09. The summed E-state index contributed by atoms with van der Waals surface area (Å²) in [5.74, 6) is 0. The van der Waals surface area contributed by atoms with E-state index in [0.29, 0.717) is 6.04 Å². The van der Waals surface area contributed by atoms with Crippen molar-refractivity contribution in [2.75, 3.05) is 40.3 Å². The Balaban J connectivity index is 2.00. The number of nitrogens with zero attached hydrogens (tertiary/aromatic N) is 2. The Morgan fingerprint density at radius 2 is 2.12 bits per heavy atom. The molecular formula is C14H31N3. The van der Waals surface area contributed by atoms with Gasteiger partial charge < -0.3 is 15.1 Å². The average Bonchev–Trinajstić information content (AvgIpc) is 2.30. The number of hydrogen-bond donors (Lipinski definition) is 1. The van der Waals surface area contributed by atoms with E-state index in [4.69, 9.17) is 0 Å². The van der Waals surface area contributed by atoms with Crippen LogP contribution in [0.5, 0.6) is 0 Å². The monoisotopic (exact) mass is 241 g/mol. The first-order valence-corrected chi connectivity index (χ1v) is 7.22. The van der Waals surface area contributed by atoms with Gasteiger partial charge in [0.25, 0.3) is 0 Å². The number of likely N-dealkylation sites (N-methyl/N-ethyl adjacent to an activating group) is 1. The molecule has 1 saturated heterocycles. The molecule has 0 saturated carbocycles. The maximum absolute atomic E-state index is 3.61. The summed E-state index contributed by atoms with van der Waals surface area (Å²) >= 11 is 0. The van der Waals surface area contributed by atoms with E-state index in [0.717, 1.165) is 12.6 Å². The van der Waals surface area contributed by atoms with E-state index in [-0.39, 0.29) is 0 Å². The summed E-state index contributed by atoms with van der Waals surface area (Å²) in [6.07, 6.45) is 5.42. The molecule has 0 aromatic heterocycles. The zero-order chi connectivity index (χ0) is 12.7. The number of likely N-dealkylation sites (tertiary alicyclic amines) is 1. The summed E-state index contributed by atoms with van der Waals surface area (Å²) < 4.78 is 0. The number of piperidine rings is 1. The van der Waals surface area contributed by atoms with Gasteiger partial charge in [-0.1, -0.05) is 6.42 Å². The van der Waals surface area contributed by atoms with Crippen molar-refractivity contribution < 1.29 is 0 Å². The summed E-state index contributed by atoms with van der Waals surface area (Å²) in [4.78, 5) is 4.92. The second-order valence-electron chi connectivity index (χ2n) is 5.76. The van der Waals surface area contributed by atoms with E-state index < -0.39 is 0 Å². The van der Waals surface area contributed by atoms with Gasteiger partial charge in [0.15, 0.2) is 0 Å². The molecule has 1 aliphatic heterocycles. The van der Waals surface area contributed by atoms with Crippen LogP contribution in [0.2, 0.25) is 0 Å². The topological polar surface area (TPSA) is 18.5 Å². The first kappa shape index (κ1) is 14.9. The van der Waals surface area contributed by atoms with Crippen LogP contribution in [0.25, 0.3) is 0 Å². The van der Waals surface area contributed by atoms with E-state index in [1.165, 1.54) is 45.3 Å². The quantitative estimate of drug-likeness (QED) is 0.686. The lowest BCUT2D eigenvalue weighted by Crippen LogP contribution is -2.43. The molecule has 1 heterocycles. The molecule has 0 aromatic rings. The van der Waals surface area contributed by atoms with Crippen molar-refractivity contribution in [1.29, 1.82) is 0 Å². The van der Waals surface area contributed by atoms with Crippen molar-refractivity contribution >= 4 is 0 Å². The van der Waals surface area contributed by atoms with Gasteiger partial charge in [0.1, 0.15) is 0 Å². The third-order valence-electron chi connectivity index (χ3n) is 4.05. The molecule has 0 aromatic carbocycles. The molecule has 0 radical (unpaired) electrons. The molecule has 102 valence electrons. The van der Waals surface area contributed by atoms with Gasteiger partial charge in [-0.15, -0.1) is 0 Å². The molecule has 17 heavy (non-hydrogen) atoms. The fraction of sp³-hybridized carbons (Fsp3) is 1.00. The summed E-state index contributed by atoms with van der Waals surface area (Å²) in [6.45, 7) is 9.31. The van der Waals surface area contributed by atoms with E-state index in [2.05, 4.69) is 43.1 Å². The van der Waals surface area contributed by atoms with Crippen molar-refractivity contribution in [1.82, 2.24) is 15.1 Å². The Hall–Kier alpha value is -0.120. The van der Waals surface area contributed by atoms with Crippen LogP contribution in [-0.4, -0.2) is 62.2 Å². The fourth-order valence-electron chi connectivity index (χ4n) is 2.38. The first-order chi connectivity index (χ1) is 8.11. The summed E-state index contributed by atoms with van der Waals surface area (Å²) in [5.41, 5.74) is 0. The highest BCUT2D eigenvalue weighted by molar-refractivity contribution is 4.76. The minimum absolute atomic E-state index is 0.666. The van der Waals surface area contributed by atoms with Crippen LogP contribution in [-0.2, 0) is 0 Å². The normalized spacial score (nSPS) is 22.6. The molecule has 1 atom stereocenters. The highest BCUT2D eigenvalue weighted by atomic mass is 15.2. The molecule has 1 aliphatic rings. The Morgan fingerprint density at radius 3 is 2.76 bits per heavy atom. The van der Waals surface area contributed by atoms with Crippen LogP contribution in [0.4, 0.5) is 0 Å². The Morgan fingerprint density at radius 1 is 1.35 bits per heavy atom. The third-order valence-corrected chi connectivity index (χ3v) is 4.05. The maximum atomic E-state index is 3.61. The minimum Gasteiger partial charge on any atom is -0.315 e. The van der Waals surface area contributed by atoms with Gasteiger partial charge >= 0.3 is 0 Å². The zero-order valence-corrected chi connectivity index (χ0v) is 12.2. The molecule has 3 heteroatoms. The molecule has 1 unspecified atom stereocenters. The molecule has 0 amide bonds. The highest BCUT2D eigenvalue weighted by Gasteiger charge is 2.17. The van der Waals surface area contributed by atoms with Crippen LogP contribution >= 0.6 is 0 Å². The predicted molar refractivity (Wildman–Crippen MR) is 75.5 cm³/mol. The zero-order valence-electron chi connectivity index (χ0n) is 12.2. The van der Waals surface area contributed by atoms with Gasteiger partial charge in [-0.2, -0.15) is 0 Å². The Labute approximate surface area is 108 Å². The SMILES string of the molecule is CC(C)N(C)CCCNCC1CCCCN1C. The van der Waals surface area contributed by atoms with Gasteiger partial charge in [-0.3, -0.25) is 0 Å². The molecule has 0 bridgehead atoms. The summed E-state index contributed by atoms with van der Waals surface area (Å²) in [7, 11) is 4.47.